The summed E-state index contributed by atoms with van der Waals surface area (Å²) in [6, 6.07) is 17.6. The third-order valence-electron chi connectivity index (χ3n) is 3.72. The molecule has 24 heavy (non-hydrogen) atoms. The Hall–Kier alpha value is -2.66. The van der Waals surface area contributed by atoms with E-state index in [9.17, 15) is 9.59 Å². The monoisotopic (exact) mass is 325 g/mol. The van der Waals surface area contributed by atoms with Crippen molar-refractivity contribution in [2.45, 2.75) is 18.6 Å². The van der Waals surface area contributed by atoms with Gasteiger partial charge >= 0.3 is 5.97 Å². The quantitative estimate of drug-likeness (QED) is 0.624. The summed E-state index contributed by atoms with van der Waals surface area (Å²) >= 11 is 0. The topological polar surface area (TPSA) is 67.9 Å². The lowest BCUT2D eigenvalue weighted by molar-refractivity contribution is -0.146. The summed E-state index contributed by atoms with van der Waals surface area (Å²) in [7, 11) is 0. The molecule has 1 unspecified atom stereocenters. The predicted molar refractivity (Wildman–Crippen MR) is 88.5 cm³/mol. The molecule has 3 rings (SSSR count). The van der Waals surface area contributed by atoms with Crippen LogP contribution in [0, 0.1) is 0 Å². The number of esters is 1. The lowest BCUT2D eigenvalue weighted by atomic mass is 10.1. The molecule has 1 amide bonds. The number of ether oxygens (including phenoxy) is 2. The van der Waals surface area contributed by atoms with E-state index in [-0.39, 0.29) is 18.6 Å². The average molecular weight is 325 g/mol. The molecule has 0 radical (unpaired) electrons. The first kappa shape index (κ1) is 16.2. The lowest BCUT2D eigenvalue weighted by Gasteiger charge is -2.17. The maximum absolute atomic E-state index is 12.4. The van der Waals surface area contributed by atoms with E-state index in [4.69, 9.17) is 9.47 Å². The lowest BCUT2D eigenvalue weighted by Crippen LogP contribution is -2.43. The summed E-state index contributed by atoms with van der Waals surface area (Å²) in [6.45, 7) is 0.846. The highest BCUT2D eigenvalue weighted by atomic mass is 16.6. The number of nitrogens with one attached hydrogen (secondary N) is 1. The Labute approximate surface area is 140 Å². The summed E-state index contributed by atoms with van der Waals surface area (Å²) < 4.78 is 10.3. The Morgan fingerprint density at radius 3 is 2.33 bits per heavy atom. The zero-order valence-electron chi connectivity index (χ0n) is 13.2. The minimum atomic E-state index is -0.737. The standard InChI is InChI=1S/C19H19NO4/c21-18(15-9-5-2-6-10-15)20-17(11-14-7-3-1-4-8-14)19(22)24-13-16-12-23-16/h1-10,16-17H,11-13H2,(H,20,21)/t16?,17-/m0/s1. The maximum atomic E-state index is 12.4. The third-order valence-corrected chi connectivity index (χ3v) is 3.72. The molecule has 1 heterocycles. The van der Waals surface area contributed by atoms with Gasteiger partial charge in [0.1, 0.15) is 18.8 Å². The van der Waals surface area contributed by atoms with E-state index in [1.54, 1.807) is 24.3 Å². The van der Waals surface area contributed by atoms with Crippen molar-refractivity contribution in [1.82, 2.24) is 5.32 Å². The Morgan fingerprint density at radius 2 is 1.71 bits per heavy atom. The molecule has 2 atom stereocenters. The Kier molecular flexibility index (Phi) is 5.23. The molecule has 0 bridgehead atoms. The average Bonchev–Trinajstić information content (AvgIpc) is 3.45. The van der Waals surface area contributed by atoms with Gasteiger partial charge in [-0.25, -0.2) is 4.79 Å². The van der Waals surface area contributed by atoms with Crippen LogP contribution in [0.5, 0.6) is 0 Å². The van der Waals surface area contributed by atoms with Crippen molar-refractivity contribution < 1.29 is 19.1 Å². The summed E-state index contributed by atoms with van der Waals surface area (Å²) in [6.07, 6.45) is 0.375. The summed E-state index contributed by atoms with van der Waals surface area (Å²) in [5.41, 5.74) is 1.46. The van der Waals surface area contributed by atoms with Gasteiger partial charge in [0.25, 0.3) is 5.91 Å². The molecule has 2 aromatic carbocycles. The van der Waals surface area contributed by atoms with Gasteiger partial charge in [0, 0.05) is 12.0 Å². The van der Waals surface area contributed by atoms with Gasteiger partial charge in [0.15, 0.2) is 0 Å². The van der Waals surface area contributed by atoms with Crippen molar-refractivity contribution in [2.24, 2.45) is 0 Å². The van der Waals surface area contributed by atoms with Gasteiger partial charge in [-0.2, -0.15) is 0 Å². The van der Waals surface area contributed by atoms with Gasteiger partial charge in [-0.05, 0) is 17.7 Å². The fraction of sp³-hybridized carbons (Fsp3) is 0.263. The molecule has 1 saturated heterocycles. The van der Waals surface area contributed by atoms with Crippen molar-refractivity contribution in [3.63, 3.8) is 0 Å². The fourth-order valence-corrected chi connectivity index (χ4v) is 2.31. The summed E-state index contributed by atoms with van der Waals surface area (Å²) in [5, 5.41) is 2.77. The van der Waals surface area contributed by atoms with Crippen molar-refractivity contribution in [2.75, 3.05) is 13.2 Å². The van der Waals surface area contributed by atoms with Gasteiger partial charge in [0.2, 0.25) is 0 Å². The number of carbonyl (C=O) groups excluding carboxylic acids is 2. The molecule has 1 fully saturated rings. The molecule has 0 spiro atoms. The largest absolute Gasteiger partial charge is 0.461 e. The van der Waals surface area contributed by atoms with E-state index in [1.807, 2.05) is 36.4 Å². The van der Waals surface area contributed by atoms with Gasteiger partial charge in [-0.3, -0.25) is 4.79 Å². The van der Waals surface area contributed by atoms with Crippen LogP contribution in [0.1, 0.15) is 15.9 Å². The van der Waals surface area contributed by atoms with E-state index >= 15 is 0 Å². The number of hydrogen-bond acceptors (Lipinski definition) is 4. The van der Waals surface area contributed by atoms with Crippen LogP contribution in [0.25, 0.3) is 0 Å². The van der Waals surface area contributed by atoms with Crippen LogP contribution in [-0.2, 0) is 20.7 Å². The molecule has 1 aliphatic heterocycles. The minimum Gasteiger partial charge on any atom is -0.461 e. The highest BCUT2D eigenvalue weighted by Gasteiger charge is 2.28. The second-order valence-corrected chi connectivity index (χ2v) is 5.67. The Morgan fingerprint density at radius 1 is 1.08 bits per heavy atom. The minimum absolute atomic E-state index is 0.00356. The van der Waals surface area contributed by atoms with Crippen LogP contribution in [0.2, 0.25) is 0 Å². The van der Waals surface area contributed by atoms with E-state index in [2.05, 4.69) is 5.32 Å². The molecule has 1 aliphatic rings. The molecule has 5 heteroatoms. The van der Waals surface area contributed by atoms with Crippen molar-refractivity contribution in [3.05, 3.63) is 71.8 Å². The van der Waals surface area contributed by atoms with Crippen LogP contribution in [0.3, 0.4) is 0 Å². The zero-order chi connectivity index (χ0) is 16.8. The van der Waals surface area contributed by atoms with Gasteiger partial charge < -0.3 is 14.8 Å². The van der Waals surface area contributed by atoms with Crippen LogP contribution in [0.4, 0.5) is 0 Å². The number of hydrogen-bond donors (Lipinski definition) is 1. The maximum Gasteiger partial charge on any atom is 0.329 e. The van der Waals surface area contributed by atoms with Gasteiger partial charge in [0.05, 0.1) is 6.61 Å². The van der Waals surface area contributed by atoms with Crippen LogP contribution in [-0.4, -0.2) is 37.2 Å². The summed E-state index contributed by atoms with van der Waals surface area (Å²) in [5.74, 6) is -0.741. The Balaban J connectivity index is 1.68. The second-order valence-electron chi connectivity index (χ2n) is 5.67. The zero-order valence-corrected chi connectivity index (χ0v) is 13.2. The Bertz CT molecular complexity index is 683. The smallest absolute Gasteiger partial charge is 0.329 e. The molecular weight excluding hydrogens is 306 g/mol. The number of amides is 1. The summed E-state index contributed by atoms with van der Waals surface area (Å²) in [4.78, 5) is 24.7. The predicted octanol–water partition coefficient (Wildman–Crippen LogP) is 1.97. The molecule has 0 saturated carbocycles. The number of benzene rings is 2. The molecule has 2 aromatic rings. The number of epoxide rings is 1. The molecule has 5 nitrogen and oxygen atoms in total. The van der Waals surface area contributed by atoms with Gasteiger partial charge in [-0.15, -0.1) is 0 Å². The first-order valence-electron chi connectivity index (χ1n) is 7.90. The fourth-order valence-electron chi connectivity index (χ4n) is 2.31. The number of rotatable bonds is 7. The molecule has 0 aliphatic carbocycles. The van der Waals surface area contributed by atoms with E-state index in [0.29, 0.717) is 18.6 Å². The van der Waals surface area contributed by atoms with E-state index in [0.717, 1.165) is 5.56 Å². The molecular formula is C19H19NO4. The van der Waals surface area contributed by atoms with Crippen molar-refractivity contribution in [1.29, 1.82) is 0 Å². The van der Waals surface area contributed by atoms with Crippen LogP contribution < -0.4 is 5.32 Å². The highest BCUT2D eigenvalue weighted by molar-refractivity contribution is 5.96. The van der Waals surface area contributed by atoms with Crippen molar-refractivity contribution >= 4 is 11.9 Å². The van der Waals surface area contributed by atoms with Crippen LogP contribution >= 0.6 is 0 Å². The van der Waals surface area contributed by atoms with Crippen LogP contribution in [0.15, 0.2) is 60.7 Å². The van der Waals surface area contributed by atoms with Crippen molar-refractivity contribution in [3.8, 4) is 0 Å². The normalized spacial score (nSPS) is 16.9. The second kappa shape index (κ2) is 7.75. The number of carbonyl (C=O) groups is 2. The van der Waals surface area contributed by atoms with Gasteiger partial charge in [-0.1, -0.05) is 48.5 Å². The first-order chi connectivity index (χ1) is 11.7. The highest BCUT2D eigenvalue weighted by Crippen LogP contribution is 2.11. The first-order valence-corrected chi connectivity index (χ1v) is 7.90. The molecule has 1 N–H and O–H groups in total. The SMILES string of the molecule is O=C(N[C@@H](Cc1ccccc1)C(=O)OCC1CO1)c1ccccc1. The third kappa shape index (κ3) is 4.67. The van der Waals surface area contributed by atoms with E-state index < -0.39 is 12.0 Å². The van der Waals surface area contributed by atoms with E-state index in [1.165, 1.54) is 0 Å². The molecule has 0 aromatic heterocycles. The molecule has 124 valence electrons.